The maximum atomic E-state index is 13.2. The molecule has 0 aliphatic carbocycles. The standard InChI is InChI=1S/C21H25N5O5S/c22-24-14-23-16-6-3-5-15(11-16)21(29)25-17-7-4-9-19(12-17)32(30,31)26-10-2-1-8-18(26)13-20(27)28/h3-7,9,11-12,14,18H,1-2,8,10,13,22H2,(H,23,24)(H,25,29)(H,27,28). The lowest BCUT2D eigenvalue weighted by molar-refractivity contribution is -0.138. The minimum Gasteiger partial charge on any atom is -0.481 e. The van der Waals surface area contributed by atoms with Crippen molar-refractivity contribution in [3.8, 4) is 0 Å². The van der Waals surface area contributed by atoms with Crippen LogP contribution in [0.15, 0.2) is 58.4 Å². The fourth-order valence-corrected chi connectivity index (χ4v) is 5.35. The highest BCUT2D eigenvalue weighted by Gasteiger charge is 2.34. The highest BCUT2D eigenvalue weighted by atomic mass is 32.2. The number of nitrogens with zero attached hydrogens (tertiary/aromatic N) is 2. The van der Waals surface area contributed by atoms with Crippen LogP contribution in [0.3, 0.4) is 0 Å². The van der Waals surface area contributed by atoms with Gasteiger partial charge in [0.05, 0.1) is 17.0 Å². The lowest BCUT2D eigenvalue weighted by atomic mass is 10.0. The number of aliphatic imine (C=N–C) groups is 1. The summed E-state index contributed by atoms with van der Waals surface area (Å²) in [4.78, 5) is 27.9. The van der Waals surface area contributed by atoms with E-state index in [-0.39, 0.29) is 17.9 Å². The number of hydrogen-bond acceptors (Lipinski definition) is 6. The van der Waals surface area contributed by atoms with E-state index in [0.29, 0.717) is 29.8 Å². The second-order valence-electron chi connectivity index (χ2n) is 7.32. The minimum atomic E-state index is -3.92. The highest BCUT2D eigenvalue weighted by molar-refractivity contribution is 7.89. The van der Waals surface area contributed by atoms with Crippen molar-refractivity contribution < 1.29 is 23.1 Å². The maximum Gasteiger partial charge on any atom is 0.304 e. The molecule has 10 nitrogen and oxygen atoms in total. The molecule has 0 aromatic heterocycles. The smallest absolute Gasteiger partial charge is 0.304 e. The number of carbonyl (C=O) groups is 2. The molecule has 0 bridgehead atoms. The van der Waals surface area contributed by atoms with Crippen LogP contribution in [0.1, 0.15) is 36.0 Å². The van der Waals surface area contributed by atoms with Crippen molar-refractivity contribution >= 4 is 39.6 Å². The number of carboxylic acids is 1. The van der Waals surface area contributed by atoms with Crippen molar-refractivity contribution in [1.82, 2.24) is 9.73 Å². The Hall–Kier alpha value is -3.28. The molecule has 1 amide bonds. The van der Waals surface area contributed by atoms with Crippen molar-refractivity contribution in [1.29, 1.82) is 0 Å². The van der Waals surface area contributed by atoms with Gasteiger partial charge in [-0.15, -0.1) is 0 Å². The molecule has 1 aliphatic heterocycles. The largest absolute Gasteiger partial charge is 0.481 e. The zero-order valence-corrected chi connectivity index (χ0v) is 18.1. The number of piperidine rings is 1. The number of aliphatic carboxylic acids is 1. The predicted octanol–water partition coefficient (Wildman–Crippen LogP) is 2.08. The number of amides is 1. The number of hydrazine groups is 1. The summed E-state index contributed by atoms with van der Waals surface area (Å²) in [6.07, 6.45) is 2.99. The van der Waals surface area contributed by atoms with Crippen molar-refractivity contribution in [2.45, 2.75) is 36.6 Å². The summed E-state index contributed by atoms with van der Waals surface area (Å²) in [7, 11) is -3.92. The van der Waals surface area contributed by atoms with Crippen LogP contribution >= 0.6 is 0 Å². The summed E-state index contributed by atoms with van der Waals surface area (Å²) < 4.78 is 27.7. The molecule has 0 saturated carbocycles. The van der Waals surface area contributed by atoms with Crippen LogP contribution in [-0.2, 0) is 14.8 Å². The lowest BCUT2D eigenvalue weighted by Crippen LogP contribution is -2.44. The summed E-state index contributed by atoms with van der Waals surface area (Å²) in [5, 5.41) is 11.8. The van der Waals surface area contributed by atoms with E-state index in [2.05, 4.69) is 15.7 Å². The van der Waals surface area contributed by atoms with Gasteiger partial charge >= 0.3 is 5.97 Å². The molecule has 5 N–H and O–H groups in total. The Labute approximate surface area is 186 Å². The summed E-state index contributed by atoms with van der Waals surface area (Å²) >= 11 is 0. The van der Waals surface area contributed by atoms with Gasteiger partial charge in [0, 0.05) is 23.8 Å². The van der Waals surface area contributed by atoms with E-state index in [9.17, 15) is 18.0 Å². The van der Waals surface area contributed by atoms with E-state index in [1.165, 1.54) is 28.8 Å². The number of rotatable bonds is 8. The molecule has 2 aromatic carbocycles. The number of benzene rings is 2. The molecule has 11 heteroatoms. The minimum absolute atomic E-state index is 0.0000374. The highest BCUT2D eigenvalue weighted by Crippen LogP contribution is 2.28. The van der Waals surface area contributed by atoms with Crippen LogP contribution < -0.4 is 16.6 Å². The van der Waals surface area contributed by atoms with E-state index in [1.54, 1.807) is 30.3 Å². The Morgan fingerprint density at radius 1 is 1.19 bits per heavy atom. The molecule has 170 valence electrons. The third-order valence-corrected chi connectivity index (χ3v) is 7.03. The van der Waals surface area contributed by atoms with Crippen molar-refractivity contribution in [3.63, 3.8) is 0 Å². The van der Waals surface area contributed by atoms with Gasteiger partial charge in [-0.05, 0) is 49.2 Å². The summed E-state index contributed by atoms with van der Waals surface area (Å²) in [5.74, 6) is 3.68. The normalized spacial score (nSPS) is 17.2. The molecule has 1 saturated heterocycles. The van der Waals surface area contributed by atoms with Gasteiger partial charge in [0.1, 0.15) is 6.34 Å². The molecule has 1 aliphatic rings. The van der Waals surface area contributed by atoms with Crippen LogP contribution in [0.2, 0.25) is 0 Å². The summed E-state index contributed by atoms with van der Waals surface area (Å²) in [6.45, 7) is 0.266. The second-order valence-corrected chi connectivity index (χ2v) is 9.21. The molecular formula is C21H25N5O5S. The summed E-state index contributed by atoms with van der Waals surface area (Å²) in [5.41, 5.74) is 3.44. The summed E-state index contributed by atoms with van der Waals surface area (Å²) in [6, 6.07) is 11.9. The van der Waals surface area contributed by atoms with Crippen LogP contribution in [0.25, 0.3) is 0 Å². The van der Waals surface area contributed by atoms with Crippen LogP contribution in [0, 0.1) is 0 Å². The Bertz CT molecular complexity index is 1120. The third-order valence-electron chi connectivity index (χ3n) is 5.08. The van der Waals surface area contributed by atoms with Gasteiger partial charge in [0.25, 0.3) is 5.91 Å². The monoisotopic (exact) mass is 459 g/mol. The van der Waals surface area contributed by atoms with E-state index >= 15 is 0 Å². The molecule has 0 radical (unpaired) electrons. The number of nitrogens with two attached hydrogens (primary N) is 1. The number of anilines is 1. The molecule has 1 fully saturated rings. The Morgan fingerprint density at radius 3 is 2.72 bits per heavy atom. The van der Waals surface area contributed by atoms with Crippen LogP contribution in [0.5, 0.6) is 0 Å². The first-order chi connectivity index (χ1) is 15.3. The van der Waals surface area contributed by atoms with Gasteiger partial charge in [-0.25, -0.2) is 19.3 Å². The van der Waals surface area contributed by atoms with Gasteiger partial charge in [0.15, 0.2) is 0 Å². The quantitative estimate of drug-likeness (QED) is 0.204. The SMILES string of the molecule is NNC=Nc1cccc(C(=O)Nc2cccc(S(=O)(=O)N3CCCCC3CC(=O)O)c2)c1. The number of carbonyl (C=O) groups excluding carboxylic acids is 1. The molecule has 3 rings (SSSR count). The topological polar surface area (TPSA) is 154 Å². The molecule has 0 spiro atoms. The van der Waals surface area contributed by atoms with E-state index in [0.717, 1.165) is 6.42 Å². The zero-order valence-electron chi connectivity index (χ0n) is 17.3. The lowest BCUT2D eigenvalue weighted by Gasteiger charge is -2.33. The second kappa shape index (κ2) is 10.4. The Balaban J connectivity index is 1.81. The third kappa shape index (κ3) is 5.69. The average Bonchev–Trinajstić information content (AvgIpc) is 2.78. The van der Waals surface area contributed by atoms with Crippen LogP contribution in [0.4, 0.5) is 11.4 Å². The molecular weight excluding hydrogens is 434 g/mol. The molecule has 1 heterocycles. The predicted molar refractivity (Wildman–Crippen MR) is 120 cm³/mol. The fraction of sp³-hybridized carbons (Fsp3) is 0.286. The number of sulfonamides is 1. The van der Waals surface area contributed by atoms with Crippen molar-refractivity contribution in [3.05, 3.63) is 54.1 Å². The first kappa shape index (κ1) is 23.4. The van der Waals surface area contributed by atoms with E-state index < -0.39 is 27.9 Å². The molecule has 1 atom stereocenters. The Morgan fingerprint density at radius 2 is 1.97 bits per heavy atom. The van der Waals surface area contributed by atoms with Crippen molar-refractivity contribution in [2.75, 3.05) is 11.9 Å². The average molecular weight is 460 g/mol. The van der Waals surface area contributed by atoms with E-state index in [1.807, 2.05) is 0 Å². The first-order valence-electron chi connectivity index (χ1n) is 10.0. The molecule has 2 aromatic rings. The fourth-order valence-electron chi connectivity index (χ4n) is 3.61. The van der Waals surface area contributed by atoms with E-state index in [4.69, 9.17) is 10.9 Å². The van der Waals surface area contributed by atoms with Crippen LogP contribution in [-0.4, -0.2) is 48.6 Å². The van der Waals surface area contributed by atoms with Crippen molar-refractivity contribution in [2.24, 2.45) is 10.8 Å². The number of hydrogen-bond donors (Lipinski definition) is 4. The Kier molecular flexibility index (Phi) is 7.57. The van der Waals surface area contributed by atoms with Gasteiger partial charge in [0.2, 0.25) is 10.0 Å². The maximum absolute atomic E-state index is 13.2. The zero-order chi connectivity index (χ0) is 23.1. The van der Waals surface area contributed by atoms with Gasteiger partial charge < -0.3 is 15.8 Å². The number of carboxylic acid groups (broad SMARTS) is 1. The number of nitrogens with one attached hydrogen (secondary N) is 2. The van der Waals surface area contributed by atoms with Gasteiger partial charge in [-0.1, -0.05) is 18.6 Å². The molecule has 1 unspecified atom stereocenters. The first-order valence-corrected chi connectivity index (χ1v) is 11.5. The van der Waals surface area contributed by atoms with Gasteiger partial charge in [-0.3, -0.25) is 9.59 Å². The van der Waals surface area contributed by atoms with Gasteiger partial charge in [-0.2, -0.15) is 4.31 Å². The molecule has 32 heavy (non-hydrogen) atoms.